The number of fused-ring (bicyclic) bond motifs is 1. The van der Waals surface area contributed by atoms with Crippen molar-refractivity contribution in [2.45, 2.75) is 6.42 Å². The topological polar surface area (TPSA) is 39.2 Å². The Morgan fingerprint density at radius 2 is 2.21 bits per heavy atom. The van der Waals surface area contributed by atoms with Crippen LogP contribution in [-0.4, -0.2) is 6.54 Å². The number of hydrogen-bond donors (Lipinski definition) is 1. The predicted octanol–water partition coefficient (Wildman–Crippen LogP) is 2.84. The van der Waals surface area contributed by atoms with Crippen molar-refractivity contribution < 1.29 is 8.81 Å². The monoisotopic (exact) mass is 257 g/mol. The maximum absolute atomic E-state index is 13.5. The summed E-state index contributed by atoms with van der Waals surface area (Å²) in [6.45, 7) is 0.487. The molecule has 14 heavy (non-hydrogen) atoms. The molecule has 2 rings (SSSR count). The average Bonchev–Trinajstić information content (AvgIpc) is 2.58. The van der Waals surface area contributed by atoms with Crippen molar-refractivity contribution in [2.24, 2.45) is 5.73 Å². The maximum atomic E-state index is 13.5. The first-order valence-electron chi connectivity index (χ1n) is 4.28. The molecule has 0 saturated heterocycles. The molecular formula is C10H9BrFNO. The molecule has 0 atom stereocenters. The first-order chi connectivity index (χ1) is 6.74. The van der Waals surface area contributed by atoms with Crippen molar-refractivity contribution in [3.05, 3.63) is 34.2 Å². The van der Waals surface area contributed by atoms with Gasteiger partial charge in [-0.25, -0.2) is 4.39 Å². The molecule has 4 heteroatoms. The first-order valence-corrected chi connectivity index (χ1v) is 5.07. The molecule has 2 nitrogen and oxygen atoms in total. The first kappa shape index (κ1) is 9.68. The Labute approximate surface area is 89.0 Å². The molecule has 0 saturated carbocycles. The van der Waals surface area contributed by atoms with E-state index in [1.54, 1.807) is 12.3 Å². The van der Waals surface area contributed by atoms with E-state index in [0.29, 0.717) is 23.9 Å². The van der Waals surface area contributed by atoms with Crippen molar-refractivity contribution in [1.82, 2.24) is 0 Å². The second kappa shape index (κ2) is 3.71. The van der Waals surface area contributed by atoms with Gasteiger partial charge in [-0.2, -0.15) is 0 Å². The zero-order chi connectivity index (χ0) is 10.1. The molecule has 1 heterocycles. The highest BCUT2D eigenvalue weighted by Gasteiger charge is 2.12. The van der Waals surface area contributed by atoms with Gasteiger partial charge in [0.25, 0.3) is 0 Å². The molecule has 0 spiro atoms. The summed E-state index contributed by atoms with van der Waals surface area (Å²) < 4.78 is 19.5. The predicted molar refractivity (Wildman–Crippen MR) is 56.6 cm³/mol. The normalized spacial score (nSPS) is 11.1. The molecule has 0 fully saturated rings. The standard InChI is InChI=1S/C10H9BrFNO/c11-7-1-2-8(12)9-6(3-4-13)5-14-10(7)9/h1-2,5H,3-4,13H2. The van der Waals surface area contributed by atoms with E-state index in [1.807, 2.05) is 0 Å². The van der Waals surface area contributed by atoms with Gasteiger partial charge < -0.3 is 10.2 Å². The largest absolute Gasteiger partial charge is 0.463 e. The van der Waals surface area contributed by atoms with Gasteiger partial charge in [-0.05, 0) is 41.0 Å². The van der Waals surface area contributed by atoms with Gasteiger partial charge in [-0.3, -0.25) is 0 Å². The number of rotatable bonds is 2. The third kappa shape index (κ3) is 1.44. The van der Waals surface area contributed by atoms with E-state index < -0.39 is 0 Å². The summed E-state index contributed by atoms with van der Waals surface area (Å²) >= 11 is 3.30. The van der Waals surface area contributed by atoms with Gasteiger partial charge in [0.05, 0.1) is 16.1 Å². The molecule has 2 N–H and O–H groups in total. The number of benzene rings is 1. The van der Waals surface area contributed by atoms with Crippen LogP contribution in [0.5, 0.6) is 0 Å². The lowest BCUT2D eigenvalue weighted by molar-refractivity contribution is 0.605. The quantitative estimate of drug-likeness (QED) is 0.899. The fourth-order valence-corrected chi connectivity index (χ4v) is 1.90. The summed E-state index contributed by atoms with van der Waals surface area (Å²) in [4.78, 5) is 0. The Balaban J connectivity index is 2.70. The summed E-state index contributed by atoms with van der Waals surface area (Å²) in [6, 6.07) is 3.05. The van der Waals surface area contributed by atoms with Crippen LogP contribution in [0.25, 0.3) is 11.0 Å². The van der Waals surface area contributed by atoms with Crippen molar-refractivity contribution in [1.29, 1.82) is 0 Å². The third-order valence-corrected chi connectivity index (χ3v) is 2.74. The third-order valence-electron chi connectivity index (χ3n) is 2.11. The summed E-state index contributed by atoms with van der Waals surface area (Å²) in [5.74, 6) is -0.264. The average molecular weight is 258 g/mol. The van der Waals surface area contributed by atoms with Crippen LogP contribution < -0.4 is 5.73 Å². The van der Waals surface area contributed by atoms with E-state index in [1.165, 1.54) is 6.07 Å². The summed E-state index contributed by atoms with van der Waals surface area (Å²) in [6.07, 6.45) is 2.19. The molecule has 0 amide bonds. The molecule has 0 bridgehead atoms. The fourth-order valence-electron chi connectivity index (χ4n) is 1.48. The Hall–Kier alpha value is -0.870. The molecule has 0 aliphatic carbocycles. The highest BCUT2D eigenvalue weighted by atomic mass is 79.9. The van der Waals surface area contributed by atoms with Crippen molar-refractivity contribution in [2.75, 3.05) is 6.54 Å². The number of nitrogens with two attached hydrogens (primary N) is 1. The minimum absolute atomic E-state index is 0.264. The van der Waals surface area contributed by atoms with E-state index in [2.05, 4.69) is 15.9 Å². The molecule has 0 aliphatic heterocycles. The highest BCUT2D eigenvalue weighted by Crippen LogP contribution is 2.30. The van der Waals surface area contributed by atoms with Gasteiger partial charge >= 0.3 is 0 Å². The summed E-state index contributed by atoms with van der Waals surface area (Å²) in [7, 11) is 0. The molecule has 1 aromatic heterocycles. The Kier molecular flexibility index (Phi) is 2.56. The minimum Gasteiger partial charge on any atom is -0.463 e. The molecular weight excluding hydrogens is 249 g/mol. The van der Waals surface area contributed by atoms with Crippen LogP contribution in [0.1, 0.15) is 5.56 Å². The lowest BCUT2D eigenvalue weighted by Gasteiger charge is -1.97. The molecule has 2 aromatic rings. The zero-order valence-corrected chi connectivity index (χ0v) is 8.97. The van der Waals surface area contributed by atoms with Crippen molar-refractivity contribution >= 4 is 26.9 Å². The number of furan rings is 1. The Bertz CT molecular complexity index is 466. The maximum Gasteiger partial charge on any atom is 0.151 e. The second-order valence-corrected chi connectivity index (χ2v) is 3.89. The SMILES string of the molecule is NCCc1coc2c(Br)ccc(F)c12. The summed E-state index contributed by atoms with van der Waals surface area (Å²) in [5, 5.41) is 0.532. The smallest absolute Gasteiger partial charge is 0.151 e. The Morgan fingerprint density at radius 3 is 2.93 bits per heavy atom. The molecule has 0 unspecified atom stereocenters. The molecule has 0 radical (unpaired) electrons. The minimum atomic E-state index is -0.264. The summed E-state index contributed by atoms with van der Waals surface area (Å²) in [5.41, 5.74) is 6.79. The van der Waals surface area contributed by atoms with Gasteiger partial charge in [0.15, 0.2) is 5.58 Å². The van der Waals surface area contributed by atoms with Crippen LogP contribution in [0.15, 0.2) is 27.3 Å². The van der Waals surface area contributed by atoms with Gasteiger partial charge in [0.2, 0.25) is 0 Å². The molecule has 74 valence electrons. The van der Waals surface area contributed by atoms with Crippen LogP contribution in [0.2, 0.25) is 0 Å². The van der Waals surface area contributed by atoms with Crippen LogP contribution in [0, 0.1) is 5.82 Å². The van der Waals surface area contributed by atoms with E-state index >= 15 is 0 Å². The van der Waals surface area contributed by atoms with Crippen molar-refractivity contribution in [3.8, 4) is 0 Å². The lowest BCUT2D eigenvalue weighted by Crippen LogP contribution is -2.02. The molecule has 1 aromatic carbocycles. The van der Waals surface area contributed by atoms with Gasteiger partial charge in [-0.1, -0.05) is 0 Å². The van der Waals surface area contributed by atoms with Crippen LogP contribution >= 0.6 is 15.9 Å². The Morgan fingerprint density at radius 1 is 1.43 bits per heavy atom. The van der Waals surface area contributed by atoms with Gasteiger partial charge in [0.1, 0.15) is 5.82 Å². The highest BCUT2D eigenvalue weighted by molar-refractivity contribution is 9.10. The van der Waals surface area contributed by atoms with E-state index in [-0.39, 0.29) is 5.82 Å². The second-order valence-electron chi connectivity index (χ2n) is 3.03. The van der Waals surface area contributed by atoms with E-state index in [0.717, 1.165) is 10.0 Å². The zero-order valence-electron chi connectivity index (χ0n) is 7.39. The van der Waals surface area contributed by atoms with Crippen LogP contribution in [0.4, 0.5) is 4.39 Å². The van der Waals surface area contributed by atoms with Crippen LogP contribution in [0.3, 0.4) is 0 Å². The van der Waals surface area contributed by atoms with Gasteiger partial charge in [-0.15, -0.1) is 0 Å². The van der Waals surface area contributed by atoms with E-state index in [9.17, 15) is 4.39 Å². The lowest BCUT2D eigenvalue weighted by atomic mass is 10.1. The number of halogens is 2. The fraction of sp³-hybridized carbons (Fsp3) is 0.200. The van der Waals surface area contributed by atoms with Gasteiger partial charge in [0, 0.05) is 5.56 Å². The van der Waals surface area contributed by atoms with E-state index in [4.69, 9.17) is 10.2 Å². The van der Waals surface area contributed by atoms with Crippen LogP contribution in [-0.2, 0) is 6.42 Å². The number of hydrogen-bond acceptors (Lipinski definition) is 2. The van der Waals surface area contributed by atoms with Crippen molar-refractivity contribution in [3.63, 3.8) is 0 Å². The molecule has 0 aliphatic rings.